The van der Waals surface area contributed by atoms with Gasteiger partial charge in [-0.05, 0) is 45.9 Å². The molecule has 0 spiro atoms. The number of hydrogen-bond donors (Lipinski definition) is 1. The zero-order valence-corrected chi connectivity index (χ0v) is 15.0. The van der Waals surface area contributed by atoms with E-state index in [1.807, 2.05) is 26.8 Å². The molecule has 1 aromatic rings. The van der Waals surface area contributed by atoms with Crippen LogP contribution in [0.1, 0.15) is 39.0 Å². The van der Waals surface area contributed by atoms with E-state index in [1.165, 1.54) is 15.6 Å². The summed E-state index contributed by atoms with van der Waals surface area (Å²) < 4.78 is 27.4. The fourth-order valence-electron chi connectivity index (χ4n) is 1.94. The van der Waals surface area contributed by atoms with E-state index in [4.69, 9.17) is 0 Å². The van der Waals surface area contributed by atoms with Crippen molar-refractivity contribution in [1.82, 2.24) is 9.62 Å². The standard InChI is InChI=1S/C15H26N2O2S2/c1-6-10-16-12-13-8-9-14(20-13)21(18,19)17(11-7-2)15(3,4)5/h7-9,16H,2,6,10-12H2,1,3-5H3. The molecule has 1 aromatic heterocycles. The monoisotopic (exact) mass is 330 g/mol. The number of thiophene rings is 1. The highest BCUT2D eigenvalue weighted by Gasteiger charge is 2.33. The lowest BCUT2D eigenvalue weighted by molar-refractivity contribution is 0.270. The van der Waals surface area contributed by atoms with Gasteiger partial charge in [0.2, 0.25) is 0 Å². The smallest absolute Gasteiger partial charge is 0.253 e. The number of nitrogens with one attached hydrogen (secondary N) is 1. The molecule has 0 saturated carbocycles. The third kappa shape index (κ3) is 4.92. The summed E-state index contributed by atoms with van der Waals surface area (Å²) in [5.74, 6) is 0. The predicted octanol–water partition coefficient (Wildman–Crippen LogP) is 3.22. The van der Waals surface area contributed by atoms with Gasteiger partial charge in [-0.3, -0.25) is 0 Å². The molecule has 21 heavy (non-hydrogen) atoms. The van der Waals surface area contributed by atoms with Gasteiger partial charge in [-0.2, -0.15) is 4.31 Å². The summed E-state index contributed by atoms with van der Waals surface area (Å²) in [5.41, 5.74) is -0.475. The highest BCUT2D eigenvalue weighted by atomic mass is 32.2. The highest BCUT2D eigenvalue weighted by Crippen LogP contribution is 2.29. The van der Waals surface area contributed by atoms with Crippen LogP contribution in [0.15, 0.2) is 29.0 Å². The summed E-state index contributed by atoms with van der Waals surface area (Å²) in [4.78, 5) is 1.04. The van der Waals surface area contributed by atoms with Crippen molar-refractivity contribution in [1.29, 1.82) is 0 Å². The van der Waals surface area contributed by atoms with E-state index in [1.54, 1.807) is 12.1 Å². The molecule has 0 saturated heterocycles. The van der Waals surface area contributed by atoms with Crippen molar-refractivity contribution in [3.05, 3.63) is 29.7 Å². The van der Waals surface area contributed by atoms with Crippen molar-refractivity contribution in [2.24, 2.45) is 0 Å². The van der Waals surface area contributed by atoms with E-state index in [2.05, 4.69) is 18.8 Å². The zero-order valence-electron chi connectivity index (χ0n) is 13.3. The topological polar surface area (TPSA) is 49.4 Å². The first kappa shape index (κ1) is 18.4. The van der Waals surface area contributed by atoms with Gasteiger partial charge in [0.1, 0.15) is 4.21 Å². The van der Waals surface area contributed by atoms with Crippen LogP contribution >= 0.6 is 11.3 Å². The van der Waals surface area contributed by atoms with E-state index in [0.29, 0.717) is 17.3 Å². The summed E-state index contributed by atoms with van der Waals surface area (Å²) in [6, 6.07) is 3.58. The Labute approximate surface area is 132 Å². The Morgan fingerprint density at radius 1 is 1.38 bits per heavy atom. The van der Waals surface area contributed by atoms with Crippen LogP contribution in [-0.4, -0.2) is 31.4 Å². The average Bonchev–Trinajstić information content (AvgIpc) is 2.84. The van der Waals surface area contributed by atoms with E-state index in [0.717, 1.165) is 17.8 Å². The molecule has 0 bridgehead atoms. The Bertz CT molecular complexity index is 556. The van der Waals surface area contributed by atoms with Gasteiger partial charge in [-0.25, -0.2) is 8.42 Å². The lowest BCUT2D eigenvalue weighted by Crippen LogP contribution is -2.45. The molecule has 1 heterocycles. The highest BCUT2D eigenvalue weighted by molar-refractivity contribution is 7.91. The Hall–Kier alpha value is -0.690. The van der Waals surface area contributed by atoms with Gasteiger partial charge in [-0.1, -0.05) is 13.0 Å². The molecule has 4 nitrogen and oxygen atoms in total. The number of nitrogens with zero attached hydrogens (tertiary/aromatic N) is 1. The van der Waals surface area contributed by atoms with Crippen molar-refractivity contribution < 1.29 is 8.42 Å². The van der Waals surface area contributed by atoms with Gasteiger partial charge in [0.25, 0.3) is 10.0 Å². The van der Waals surface area contributed by atoms with Crippen LogP contribution in [0.2, 0.25) is 0 Å². The van der Waals surface area contributed by atoms with Crippen molar-refractivity contribution >= 4 is 21.4 Å². The molecular formula is C15H26N2O2S2. The SMILES string of the molecule is C=CCN(C(C)(C)C)S(=O)(=O)c1ccc(CNCCC)s1. The molecule has 0 atom stereocenters. The molecule has 0 aromatic carbocycles. The lowest BCUT2D eigenvalue weighted by atomic mass is 10.1. The predicted molar refractivity (Wildman–Crippen MR) is 90.2 cm³/mol. The summed E-state index contributed by atoms with van der Waals surface area (Å²) >= 11 is 1.33. The van der Waals surface area contributed by atoms with Gasteiger partial charge in [-0.15, -0.1) is 17.9 Å². The molecule has 0 radical (unpaired) electrons. The second kappa shape index (κ2) is 7.54. The molecule has 0 fully saturated rings. The van der Waals surface area contributed by atoms with E-state index in [-0.39, 0.29) is 0 Å². The minimum Gasteiger partial charge on any atom is -0.312 e. The second-order valence-electron chi connectivity index (χ2n) is 5.89. The fourth-order valence-corrected chi connectivity index (χ4v) is 5.14. The van der Waals surface area contributed by atoms with Gasteiger partial charge >= 0.3 is 0 Å². The summed E-state index contributed by atoms with van der Waals surface area (Å²) in [5, 5.41) is 3.29. The lowest BCUT2D eigenvalue weighted by Gasteiger charge is -2.33. The third-order valence-electron chi connectivity index (χ3n) is 2.95. The zero-order chi connectivity index (χ0) is 16.1. The molecule has 120 valence electrons. The summed E-state index contributed by atoms with van der Waals surface area (Å²) in [6.07, 6.45) is 2.69. The maximum Gasteiger partial charge on any atom is 0.253 e. The number of sulfonamides is 1. The summed E-state index contributed by atoms with van der Waals surface area (Å²) in [6.45, 7) is 13.4. The fraction of sp³-hybridized carbons (Fsp3) is 0.600. The van der Waals surface area contributed by atoms with Crippen molar-refractivity contribution in [2.45, 2.75) is 50.4 Å². The van der Waals surface area contributed by atoms with Gasteiger partial charge in [0, 0.05) is 23.5 Å². The molecule has 0 unspecified atom stereocenters. The normalized spacial score (nSPS) is 12.8. The Kier molecular flexibility index (Phi) is 6.59. The molecule has 6 heteroatoms. The first-order chi connectivity index (χ1) is 9.73. The minimum atomic E-state index is -3.48. The maximum atomic E-state index is 12.8. The van der Waals surface area contributed by atoms with Crippen LogP contribution in [0.4, 0.5) is 0 Å². The van der Waals surface area contributed by atoms with Crippen molar-refractivity contribution in [2.75, 3.05) is 13.1 Å². The molecule has 0 amide bonds. The van der Waals surface area contributed by atoms with Crippen molar-refractivity contribution in [3.63, 3.8) is 0 Å². The summed E-state index contributed by atoms with van der Waals surface area (Å²) in [7, 11) is -3.48. The van der Waals surface area contributed by atoms with Gasteiger partial charge in [0.15, 0.2) is 0 Å². The Morgan fingerprint density at radius 2 is 2.05 bits per heavy atom. The quantitative estimate of drug-likeness (QED) is 0.588. The number of rotatable bonds is 8. The van der Waals surface area contributed by atoms with Crippen molar-refractivity contribution in [3.8, 4) is 0 Å². The molecular weight excluding hydrogens is 304 g/mol. The van der Waals surface area contributed by atoms with Gasteiger partial charge < -0.3 is 5.32 Å². The Balaban J connectivity index is 2.98. The van der Waals surface area contributed by atoms with E-state index in [9.17, 15) is 8.42 Å². The van der Waals surface area contributed by atoms with E-state index >= 15 is 0 Å². The third-order valence-corrected chi connectivity index (χ3v) is 6.63. The second-order valence-corrected chi connectivity index (χ2v) is 9.15. The first-order valence-electron chi connectivity index (χ1n) is 7.16. The average molecular weight is 331 g/mol. The van der Waals surface area contributed by atoms with Crippen LogP contribution in [0.25, 0.3) is 0 Å². The first-order valence-corrected chi connectivity index (χ1v) is 9.42. The minimum absolute atomic E-state index is 0.313. The molecule has 1 N–H and O–H groups in total. The van der Waals surface area contributed by atoms with Crippen LogP contribution in [0, 0.1) is 0 Å². The van der Waals surface area contributed by atoms with Crippen LogP contribution in [-0.2, 0) is 16.6 Å². The van der Waals surface area contributed by atoms with Gasteiger partial charge in [0.05, 0.1) is 0 Å². The van der Waals surface area contributed by atoms with E-state index < -0.39 is 15.6 Å². The maximum absolute atomic E-state index is 12.8. The van der Waals surface area contributed by atoms with Crippen LogP contribution in [0.5, 0.6) is 0 Å². The molecule has 1 rings (SSSR count). The largest absolute Gasteiger partial charge is 0.312 e. The molecule has 0 aliphatic rings. The number of hydrogen-bond acceptors (Lipinski definition) is 4. The van der Waals surface area contributed by atoms with Crippen LogP contribution in [0.3, 0.4) is 0 Å². The molecule has 0 aliphatic carbocycles. The molecule has 0 aliphatic heterocycles. The van der Waals surface area contributed by atoms with Crippen LogP contribution < -0.4 is 5.32 Å². The Morgan fingerprint density at radius 3 is 2.57 bits per heavy atom.